The molecule has 0 saturated heterocycles. The summed E-state index contributed by atoms with van der Waals surface area (Å²) in [5.74, 6) is 0. The van der Waals surface area contributed by atoms with E-state index in [1.165, 1.54) is 0 Å². The van der Waals surface area contributed by atoms with Crippen molar-refractivity contribution in [1.82, 2.24) is 15.0 Å². The first-order chi connectivity index (χ1) is 9.33. The number of hydrogen-bond donors (Lipinski definition) is 0. The molecule has 0 N–H and O–H groups in total. The van der Waals surface area contributed by atoms with Crippen molar-refractivity contribution in [3.63, 3.8) is 0 Å². The molecule has 2 heterocycles. The Bertz CT molecular complexity index is 674. The molecule has 6 heteroatoms. The van der Waals surface area contributed by atoms with E-state index in [-0.39, 0.29) is 12.1 Å². The van der Waals surface area contributed by atoms with Crippen molar-refractivity contribution in [2.45, 2.75) is 13.0 Å². The van der Waals surface area contributed by atoms with Crippen LogP contribution < -0.4 is 0 Å². The predicted octanol–water partition coefficient (Wildman–Crippen LogP) is 3.46. The Morgan fingerprint density at radius 1 is 1.21 bits per heavy atom. The number of azo groups is 1. The number of oxazole rings is 1. The Kier molecular flexibility index (Phi) is 2.97. The van der Waals surface area contributed by atoms with Crippen molar-refractivity contribution in [1.29, 1.82) is 0 Å². The van der Waals surface area contributed by atoms with Gasteiger partial charge in [0.1, 0.15) is 11.6 Å². The molecular formula is C13H11N5O. The zero-order valence-corrected chi connectivity index (χ0v) is 10.3. The highest BCUT2D eigenvalue weighted by Crippen LogP contribution is 2.22. The van der Waals surface area contributed by atoms with Crippen LogP contribution >= 0.6 is 0 Å². The fraction of sp³-hybridized carbons (Fsp3) is 0.154. The van der Waals surface area contributed by atoms with Crippen LogP contribution in [0.25, 0.3) is 11.1 Å². The van der Waals surface area contributed by atoms with Gasteiger partial charge in [-0.05, 0) is 19.1 Å². The lowest BCUT2D eigenvalue weighted by molar-refractivity contribution is 0.593. The van der Waals surface area contributed by atoms with Crippen LogP contribution in [0.15, 0.2) is 57.5 Å². The summed E-state index contributed by atoms with van der Waals surface area (Å²) in [7, 11) is 0. The molecule has 0 fully saturated rings. The van der Waals surface area contributed by atoms with E-state index < -0.39 is 0 Å². The summed E-state index contributed by atoms with van der Waals surface area (Å²) >= 11 is 0. The molecule has 3 rings (SSSR count). The third-order valence-electron chi connectivity index (χ3n) is 2.61. The predicted molar refractivity (Wildman–Crippen MR) is 69.0 cm³/mol. The lowest BCUT2D eigenvalue weighted by Gasteiger charge is -2.00. The summed E-state index contributed by atoms with van der Waals surface area (Å²) in [6.07, 6.45) is 4.91. The maximum absolute atomic E-state index is 5.45. The molecule has 0 aliphatic carbocycles. The van der Waals surface area contributed by atoms with Gasteiger partial charge in [-0.25, -0.2) is 0 Å². The number of para-hydroxylation sites is 2. The molecule has 0 bridgehead atoms. The highest BCUT2D eigenvalue weighted by atomic mass is 16.4. The molecule has 6 nitrogen and oxygen atoms in total. The summed E-state index contributed by atoms with van der Waals surface area (Å²) in [6, 6.07) is 7.54. The Morgan fingerprint density at radius 2 is 2.11 bits per heavy atom. The second kappa shape index (κ2) is 4.93. The lowest BCUT2D eigenvalue weighted by atomic mass is 10.3. The van der Waals surface area contributed by atoms with E-state index in [0.29, 0.717) is 5.58 Å². The Hall–Kier alpha value is -2.63. The molecule has 94 valence electrons. The van der Waals surface area contributed by atoms with Gasteiger partial charge in [0.2, 0.25) is 0 Å². The first-order valence-electron chi connectivity index (χ1n) is 5.85. The fourth-order valence-corrected chi connectivity index (χ4v) is 1.62. The fourth-order valence-electron chi connectivity index (χ4n) is 1.62. The molecule has 0 spiro atoms. The van der Waals surface area contributed by atoms with Crippen LogP contribution in [0.1, 0.15) is 18.7 Å². The van der Waals surface area contributed by atoms with Crippen molar-refractivity contribution in [2.75, 3.05) is 0 Å². The van der Waals surface area contributed by atoms with E-state index >= 15 is 0 Å². The first kappa shape index (κ1) is 11.5. The number of aromatic nitrogens is 3. The highest BCUT2D eigenvalue weighted by Gasteiger charge is 2.07. The average molecular weight is 253 g/mol. The van der Waals surface area contributed by atoms with Crippen molar-refractivity contribution in [3.05, 3.63) is 48.5 Å². The molecule has 2 aromatic heterocycles. The molecule has 1 atom stereocenters. The van der Waals surface area contributed by atoms with E-state index in [0.717, 1.165) is 11.2 Å². The molecule has 0 aliphatic heterocycles. The number of nitrogens with zero attached hydrogens (tertiary/aromatic N) is 5. The summed E-state index contributed by atoms with van der Waals surface area (Å²) in [6.45, 7) is 1.89. The topological polar surface area (TPSA) is 76.5 Å². The maximum Gasteiger partial charge on any atom is 0.341 e. The molecule has 19 heavy (non-hydrogen) atoms. The first-order valence-corrected chi connectivity index (χ1v) is 5.85. The van der Waals surface area contributed by atoms with E-state index in [4.69, 9.17) is 4.42 Å². The van der Waals surface area contributed by atoms with Gasteiger partial charge in [0.15, 0.2) is 5.58 Å². The van der Waals surface area contributed by atoms with Gasteiger partial charge in [0.25, 0.3) is 0 Å². The maximum atomic E-state index is 5.45. The summed E-state index contributed by atoms with van der Waals surface area (Å²) in [4.78, 5) is 12.4. The van der Waals surface area contributed by atoms with Crippen LogP contribution in [0.2, 0.25) is 0 Å². The second-order valence-electron chi connectivity index (χ2n) is 3.99. The third kappa shape index (κ3) is 2.47. The summed E-state index contributed by atoms with van der Waals surface area (Å²) in [5.41, 5.74) is 2.22. The van der Waals surface area contributed by atoms with E-state index in [1.54, 1.807) is 18.6 Å². The van der Waals surface area contributed by atoms with Crippen molar-refractivity contribution >= 4 is 17.1 Å². The van der Waals surface area contributed by atoms with Gasteiger partial charge in [0.05, 0.1) is 11.9 Å². The van der Waals surface area contributed by atoms with Crippen LogP contribution in [0, 0.1) is 0 Å². The van der Waals surface area contributed by atoms with Crippen molar-refractivity contribution < 1.29 is 4.42 Å². The van der Waals surface area contributed by atoms with Gasteiger partial charge in [0, 0.05) is 12.4 Å². The molecular weight excluding hydrogens is 242 g/mol. The lowest BCUT2D eigenvalue weighted by Crippen LogP contribution is -1.93. The SMILES string of the molecule is CC(N=Nc1nc2ccccc2o1)c1cnccn1. The molecule has 0 aliphatic rings. The third-order valence-corrected chi connectivity index (χ3v) is 2.61. The monoisotopic (exact) mass is 253 g/mol. The Labute approximate surface area is 109 Å². The summed E-state index contributed by atoms with van der Waals surface area (Å²) < 4.78 is 5.45. The average Bonchev–Trinajstić information content (AvgIpc) is 2.88. The van der Waals surface area contributed by atoms with Crippen LogP contribution in [0.3, 0.4) is 0 Å². The zero-order valence-electron chi connectivity index (χ0n) is 10.3. The van der Waals surface area contributed by atoms with E-state index in [2.05, 4.69) is 25.2 Å². The second-order valence-corrected chi connectivity index (χ2v) is 3.99. The van der Waals surface area contributed by atoms with Crippen molar-refractivity contribution in [3.8, 4) is 0 Å². The van der Waals surface area contributed by atoms with Gasteiger partial charge < -0.3 is 4.42 Å². The van der Waals surface area contributed by atoms with Gasteiger partial charge in [-0.3, -0.25) is 9.97 Å². The number of rotatable bonds is 3. The van der Waals surface area contributed by atoms with Gasteiger partial charge >= 0.3 is 6.01 Å². The van der Waals surface area contributed by atoms with Gasteiger partial charge in [-0.2, -0.15) is 10.1 Å². The number of benzene rings is 1. The van der Waals surface area contributed by atoms with Gasteiger partial charge in [-0.15, -0.1) is 0 Å². The minimum Gasteiger partial charge on any atom is -0.421 e. The minimum atomic E-state index is -0.191. The standard InChI is InChI=1S/C13H11N5O/c1-9(11-8-14-6-7-15-11)17-18-13-16-10-4-2-3-5-12(10)19-13/h2-9H,1H3. The largest absolute Gasteiger partial charge is 0.421 e. The quantitative estimate of drug-likeness (QED) is 0.669. The number of fused-ring (bicyclic) bond motifs is 1. The van der Waals surface area contributed by atoms with Crippen LogP contribution in [0.4, 0.5) is 6.01 Å². The number of hydrogen-bond acceptors (Lipinski definition) is 6. The molecule has 0 radical (unpaired) electrons. The van der Waals surface area contributed by atoms with Gasteiger partial charge in [-0.1, -0.05) is 17.2 Å². The smallest absolute Gasteiger partial charge is 0.341 e. The highest BCUT2D eigenvalue weighted by molar-refractivity contribution is 5.73. The molecule has 1 aromatic carbocycles. The zero-order chi connectivity index (χ0) is 13.1. The molecule has 3 aromatic rings. The summed E-state index contributed by atoms with van der Waals surface area (Å²) in [5, 5.41) is 8.13. The van der Waals surface area contributed by atoms with Crippen LogP contribution in [-0.4, -0.2) is 15.0 Å². The van der Waals surface area contributed by atoms with Crippen molar-refractivity contribution in [2.24, 2.45) is 10.2 Å². The Balaban J connectivity index is 1.82. The molecule has 0 saturated carbocycles. The molecule has 1 unspecified atom stereocenters. The molecule has 0 amide bonds. The Morgan fingerprint density at radius 3 is 2.89 bits per heavy atom. The van der Waals surface area contributed by atoms with E-state index in [1.807, 2.05) is 31.2 Å². The normalized spacial score (nSPS) is 13.1. The van der Waals surface area contributed by atoms with Crippen LogP contribution in [-0.2, 0) is 0 Å². The minimum absolute atomic E-state index is 0.191. The van der Waals surface area contributed by atoms with Crippen LogP contribution in [0.5, 0.6) is 0 Å². The van der Waals surface area contributed by atoms with E-state index in [9.17, 15) is 0 Å².